The van der Waals surface area contributed by atoms with Crippen LogP contribution in [-0.2, 0) is 67.1 Å². The van der Waals surface area contributed by atoms with E-state index in [1.807, 2.05) is 97.1 Å². The lowest BCUT2D eigenvalue weighted by atomic mass is 9.55. The number of hydrogen-bond acceptors (Lipinski definition) is 13. The fourth-order valence-corrected chi connectivity index (χ4v) is 27.7. The molecule has 626 valence electrons. The quantitative estimate of drug-likeness (QED) is 0.173. The molecule has 20 atom stereocenters. The average molecular weight is 1610 g/mol. The molecule has 0 aromatic heterocycles. The second-order valence-corrected chi connectivity index (χ2v) is 40.3. The lowest BCUT2D eigenvalue weighted by Crippen LogP contribution is -2.45. The fourth-order valence-electron chi connectivity index (χ4n) is 27.7. The first kappa shape index (κ1) is 86.1. The largest absolute Gasteiger partial charge is 0.392 e. The monoisotopic (exact) mass is 1610 g/mol. The van der Waals surface area contributed by atoms with Gasteiger partial charge < -0.3 is 19.3 Å². The highest BCUT2D eigenvalue weighted by Gasteiger charge is 2.65. The van der Waals surface area contributed by atoms with E-state index in [4.69, 9.17) is 24.7 Å². The van der Waals surface area contributed by atoms with Crippen molar-refractivity contribution >= 4 is 17.3 Å². The molecule has 6 aromatic carbocycles. The number of benzene rings is 6. The smallest absolute Gasteiger partial charge is 0.145 e. The Kier molecular flexibility index (Phi) is 26.0. The second-order valence-electron chi connectivity index (χ2n) is 40.3. The summed E-state index contributed by atoms with van der Waals surface area (Å²) < 4.78 is 14.8. The fraction of sp³-hybridized carbons (Fsp3) is 0.579. The molecule has 6 aromatic rings. The van der Waals surface area contributed by atoms with Crippen molar-refractivity contribution in [1.29, 1.82) is 31.6 Å². The zero-order valence-corrected chi connectivity index (χ0v) is 72.5. The number of ketones is 3. The highest BCUT2D eigenvalue weighted by molar-refractivity contribution is 5.93. The normalized spacial score (nSPS) is 34.7. The molecule has 8 saturated carbocycles. The molecule has 0 bridgehead atoms. The maximum Gasteiger partial charge on any atom is 0.145 e. The summed E-state index contributed by atoms with van der Waals surface area (Å²) in [6.07, 6.45) is 30.7. The van der Waals surface area contributed by atoms with Gasteiger partial charge in [0.15, 0.2) is 0 Å². The van der Waals surface area contributed by atoms with Crippen molar-refractivity contribution in [3.05, 3.63) is 210 Å². The second kappa shape index (κ2) is 36.3. The highest BCUT2D eigenvalue weighted by Crippen LogP contribution is 2.68. The van der Waals surface area contributed by atoms with Crippen LogP contribution in [0.4, 0.5) is 0 Å². The van der Waals surface area contributed by atoms with Crippen LogP contribution >= 0.6 is 0 Å². The van der Waals surface area contributed by atoms with Gasteiger partial charge in [-0.05, 0) is 366 Å². The molecule has 12 aliphatic carbocycles. The minimum absolute atomic E-state index is 0.0488. The van der Waals surface area contributed by atoms with Crippen molar-refractivity contribution in [3.63, 3.8) is 0 Å². The number of nitrogens with zero attached hydrogens (tertiary/aromatic N) is 6. The number of nitriles is 6. The van der Waals surface area contributed by atoms with Crippen molar-refractivity contribution in [1.82, 2.24) is 0 Å². The Balaban J connectivity index is 0.000000118. The van der Waals surface area contributed by atoms with Gasteiger partial charge in [-0.3, -0.25) is 14.4 Å². The van der Waals surface area contributed by atoms with E-state index in [1.165, 1.54) is 88.6 Å². The molecule has 0 radical (unpaired) electrons. The summed E-state index contributed by atoms with van der Waals surface area (Å²) in [4.78, 5) is 38.8. The summed E-state index contributed by atoms with van der Waals surface area (Å²) in [6, 6.07) is 54.3. The van der Waals surface area contributed by atoms with Crippen LogP contribution in [0.25, 0.3) is 0 Å². The van der Waals surface area contributed by atoms with Gasteiger partial charge in [-0.15, -0.1) is 0 Å². The number of rotatable bonds is 4. The van der Waals surface area contributed by atoms with Gasteiger partial charge in [0.1, 0.15) is 17.3 Å². The summed E-state index contributed by atoms with van der Waals surface area (Å²) in [5.74, 6) is 8.22. The zero-order chi connectivity index (χ0) is 84.3. The standard InChI is InChI=1S/C28H30N2O.C28H28N2O.C20H23NO.C19H21NO.3C4H8O/c2*1-27(14-18-6-8-19(16-29)9-7-18)15-25-24-11-10-21-20(17-30)4-3-5-22(21)23(24)12-13-28(25,2)26(27)31;1-12-10-18-17-7-6-14-13(11-21)4-3-5-15(14)16(17)8-9-20(18,2)19(12)22;1-19-10-9-15-14-4-2-3-12(11-20)13(14)5-6-16(15)17(19)7-8-18(19)21;3*1-2-4-5-3-1/h3-9,23-26,31H,10-15H2,1-2H3;3-9,23-25H,10-15H2,1-2H3;3-5,12,16-18H,6-10H2,1-2H3;2-4,15-17H,5-10H2,1H3;3*1-4H2/t23?,24?,25?,26-,27+,28-;23?,24?,25?,27-,28+;12?,16?,17?,18?,20-;15?,16?,17?,19-;;;/m0100.../s1. The van der Waals surface area contributed by atoms with Gasteiger partial charge in [-0.1, -0.05) is 121 Å². The first-order chi connectivity index (χ1) is 58.0. The minimum atomic E-state index is -0.350. The van der Waals surface area contributed by atoms with Crippen LogP contribution in [0.3, 0.4) is 0 Å². The Morgan fingerprint density at radius 1 is 0.383 bits per heavy atom. The van der Waals surface area contributed by atoms with Gasteiger partial charge in [0, 0.05) is 73.6 Å². The molecule has 13 nitrogen and oxygen atoms in total. The first-order valence-corrected chi connectivity index (χ1v) is 46.1. The summed E-state index contributed by atoms with van der Waals surface area (Å²) in [5, 5.41) is 67.6. The van der Waals surface area contributed by atoms with E-state index in [-0.39, 0.29) is 44.5 Å². The van der Waals surface area contributed by atoms with E-state index in [0.717, 1.165) is 215 Å². The molecule has 13 unspecified atom stereocenters. The molecular formula is C107H126N6O7. The Hall–Kier alpha value is -8.89. The Morgan fingerprint density at radius 3 is 1.14 bits per heavy atom. The molecule has 15 aliphatic rings. The lowest BCUT2D eigenvalue weighted by Gasteiger charge is -2.50. The number of fused-ring (bicyclic) bond motifs is 20. The van der Waals surface area contributed by atoms with Crippen LogP contribution in [0.15, 0.2) is 121 Å². The molecule has 0 spiro atoms. The summed E-state index contributed by atoms with van der Waals surface area (Å²) in [5.41, 5.74) is 16.8. The van der Waals surface area contributed by atoms with Crippen LogP contribution in [-0.4, -0.2) is 68.2 Å². The van der Waals surface area contributed by atoms with E-state index in [2.05, 4.69) is 109 Å². The number of carbonyl (C=O) groups is 3. The Labute approximate surface area is 715 Å². The molecule has 3 aliphatic heterocycles. The lowest BCUT2D eigenvalue weighted by molar-refractivity contribution is -0.135. The van der Waals surface area contributed by atoms with Gasteiger partial charge >= 0.3 is 0 Å². The van der Waals surface area contributed by atoms with Crippen molar-refractivity contribution in [2.75, 3.05) is 39.6 Å². The Morgan fingerprint density at radius 2 is 0.750 bits per heavy atom. The maximum atomic E-state index is 13.8. The number of Topliss-reactive ketones (excluding diaryl/α,β-unsaturated/α-hetero) is 3. The van der Waals surface area contributed by atoms with E-state index >= 15 is 0 Å². The van der Waals surface area contributed by atoms with Crippen LogP contribution in [0.5, 0.6) is 0 Å². The van der Waals surface area contributed by atoms with Crippen LogP contribution in [0.1, 0.15) is 309 Å². The third-order valence-corrected chi connectivity index (χ3v) is 33.7. The van der Waals surface area contributed by atoms with Crippen LogP contribution in [0.2, 0.25) is 0 Å². The van der Waals surface area contributed by atoms with E-state index in [0.29, 0.717) is 99.5 Å². The number of ether oxygens (including phenoxy) is 3. The third kappa shape index (κ3) is 16.4. The zero-order valence-electron chi connectivity index (χ0n) is 72.5. The molecule has 3 saturated heterocycles. The van der Waals surface area contributed by atoms with Crippen molar-refractivity contribution in [3.8, 4) is 36.4 Å². The number of aliphatic hydroxyl groups is 1. The van der Waals surface area contributed by atoms with Crippen molar-refractivity contribution in [2.24, 2.45) is 85.8 Å². The van der Waals surface area contributed by atoms with Gasteiger partial charge in [0.25, 0.3) is 0 Å². The maximum absolute atomic E-state index is 13.8. The topological polar surface area (TPSA) is 242 Å². The van der Waals surface area contributed by atoms with Gasteiger partial charge in [0.05, 0.1) is 75.9 Å². The SMILES string of the molecule is C1CCOC1.C1CCOC1.C1CCOC1.CC1CC2C3CCc4c(C#N)cccc4C3CC[C@]2(C)C1=O.C[C@@]1(Cc2ccc(C#N)cc2)CC2C3CCc4c(C#N)cccc4C3CC[C@]2(C)C1=O.C[C@@]1(Cc2ccc(C#N)cc2)CC2C3CCc4c(C#N)cccc4C3CC[C@]2(C)[C@H]1O.C[C@]12CCC3c4cccc(C#N)c4CCC3C1CCC2=O. The third-order valence-electron chi connectivity index (χ3n) is 33.7. The van der Waals surface area contributed by atoms with Crippen molar-refractivity contribution in [2.45, 2.75) is 264 Å². The summed E-state index contributed by atoms with van der Waals surface area (Å²) in [6.45, 7) is 21.5. The molecule has 120 heavy (non-hydrogen) atoms. The number of aliphatic hydroxyl groups excluding tert-OH is 1. The molecule has 13 heteroatoms. The first-order valence-electron chi connectivity index (χ1n) is 46.1. The molecule has 3 heterocycles. The predicted molar refractivity (Wildman–Crippen MR) is 466 cm³/mol. The van der Waals surface area contributed by atoms with E-state index in [1.54, 1.807) is 0 Å². The summed E-state index contributed by atoms with van der Waals surface area (Å²) in [7, 11) is 0. The highest BCUT2D eigenvalue weighted by atomic mass is 16.5. The van der Waals surface area contributed by atoms with Crippen LogP contribution < -0.4 is 0 Å². The van der Waals surface area contributed by atoms with Gasteiger partial charge in [-0.2, -0.15) is 31.6 Å². The molecule has 1 N–H and O–H groups in total. The minimum Gasteiger partial charge on any atom is -0.392 e. The number of carbonyl (C=O) groups excluding carboxylic acids is 3. The summed E-state index contributed by atoms with van der Waals surface area (Å²) >= 11 is 0. The number of hydrogen-bond donors (Lipinski definition) is 1. The van der Waals surface area contributed by atoms with Gasteiger partial charge in [0.2, 0.25) is 0 Å². The predicted octanol–water partition coefficient (Wildman–Crippen LogP) is 21.8. The molecular weight excluding hydrogens is 1480 g/mol. The average Bonchev–Trinajstić information content (AvgIpc) is 1.56. The van der Waals surface area contributed by atoms with E-state index in [9.17, 15) is 40.5 Å². The molecule has 0 amide bonds. The Bertz CT molecular complexity index is 4990. The van der Waals surface area contributed by atoms with Crippen molar-refractivity contribution < 1.29 is 33.7 Å². The molecule has 21 rings (SSSR count). The van der Waals surface area contributed by atoms with E-state index < -0.39 is 0 Å². The van der Waals surface area contributed by atoms with Gasteiger partial charge in [-0.25, -0.2) is 0 Å². The molecule has 11 fully saturated rings. The van der Waals surface area contributed by atoms with Crippen LogP contribution in [0, 0.1) is 154 Å².